The molecule has 0 amide bonds. The Balaban J connectivity index is 1.21. The van der Waals surface area contributed by atoms with Crippen molar-refractivity contribution in [1.29, 1.82) is 0 Å². The Morgan fingerprint density at radius 2 is 1.73 bits per heavy atom. The largest absolute Gasteiger partial charge is 0.338 e. The molecule has 1 aliphatic carbocycles. The summed E-state index contributed by atoms with van der Waals surface area (Å²) in [6.07, 6.45) is 8.21. The number of aryl methyl sites for hydroxylation is 1. The van der Waals surface area contributed by atoms with Gasteiger partial charge in [0.2, 0.25) is 11.8 Å². The highest BCUT2D eigenvalue weighted by Crippen LogP contribution is 2.47. The lowest BCUT2D eigenvalue weighted by Crippen LogP contribution is -2.46. The molecule has 7 heteroatoms. The molecule has 2 fully saturated rings. The lowest BCUT2D eigenvalue weighted by molar-refractivity contribution is 0.213. The van der Waals surface area contributed by atoms with Crippen LogP contribution in [0, 0.1) is 0 Å². The van der Waals surface area contributed by atoms with E-state index in [0.29, 0.717) is 12.4 Å². The van der Waals surface area contributed by atoms with E-state index in [4.69, 9.17) is 9.51 Å². The monoisotopic (exact) mass is 404 g/mol. The van der Waals surface area contributed by atoms with Crippen molar-refractivity contribution in [3.8, 4) is 0 Å². The van der Waals surface area contributed by atoms with Crippen LogP contribution in [-0.4, -0.2) is 51.2 Å². The third-order valence-electron chi connectivity index (χ3n) is 6.54. The third-order valence-corrected chi connectivity index (χ3v) is 6.54. The summed E-state index contributed by atoms with van der Waals surface area (Å²) in [4.78, 5) is 18.4. The molecule has 7 nitrogen and oxygen atoms in total. The van der Waals surface area contributed by atoms with Crippen LogP contribution in [0.2, 0.25) is 0 Å². The van der Waals surface area contributed by atoms with Crippen LogP contribution in [-0.2, 0) is 18.4 Å². The van der Waals surface area contributed by atoms with Crippen molar-refractivity contribution in [3.63, 3.8) is 0 Å². The number of aromatic nitrogens is 4. The Kier molecular flexibility index (Phi) is 5.21. The van der Waals surface area contributed by atoms with Gasteiger partial charge in [-0.15, -0.1) is 0 Å². The molecule has 156 valence electrons. The van der Waals surface area contributed by atoms with Crippen LogP contribution >= 0.6 is 0 Å². The summed E-state index contributed by atoms with van der Waals surface area (Å²) in [5, 5.41) is 4.39. The second-order valence-electron chi connectivity index (χ2n) is 8.32. The summed E-state index contributed by atoms with van der Waals surface area (Å²) in [5.41, 5.74) is 2.40. The van der Waals surface area contributed by atoms with E-state index >= 15 is 0 Å². The molecule has 5 rings (SSSR count). The van der Waals surface area contributed by atoms with Crippen molar-refractivity contribution >= 4 is 5.95 Å². The van der Waals surface area contributed by atoms with Crippen LogP contribution < -0.4 is 4.90 Å². The molecule has 0 atom stereocenters. The molecule has 0 unspecified atom stereocenters. The van der Waals surface area contributed by atoms with Gasteiger partial charge in [0.25, 0.3) is 0 Å². The molecule has 3 heterocycles. The predicted octanol–water partition coefficient (Wildman–Crippen LogP) is 3.21. The zero-order chi connectivity index (χ0) is 20.4. The van der Waals surface area contributed by atoms with Crippen molar-refractivity contribution < 1.29 is 4.52 Å². The van der Waals surface area contributed by atoms with Gasteiger partial charge >= 0.3 is 0 Å². The van der Waals surface area contributed by atoms with Gasteiger partial charge in [-0.25, -0.2) is 9.97 Å². The fraction of sp³-hybridized carbons (Fsp3) is 0.478. The zero-order valence-electron chi connectivity index (χ0n) is 17.5. The molecule has 0 N–H and O–H groups in total. The Labute approximate surface area is 177 Å². The smallest absolute Gasteiger partial charge is 0.240 e. The maximum Gasteiger partial charge on any atom is 0.240 e. The van der Waals surface area contributed by atoms with Gasteiger partial charge in [-0.1, -0.05) is 48.8 Å². The molecule has 3 aromatic rings. The molecule has 0 spiro atoms. The summed E-state index contributed by atoms with van der Waals surface area (Å²) < 4.78 is 5.67. The second kappa shape index (κ2) is 8.14. The zero-order valence-corrected chi connectivity index (χ0v) is 17.5. The molecule has 1 aliphatic heterocycles. The van der Waals surface area contributed by atoms with Crippen molar-refractivity contribution in [1.82, 2.24) is 25.0 Å². The number of hydrogen-bond donors (Lipinski definition) is 0. The first-order valence-corrected chi connectivity index (χ1v) is 10.9. The molecule has 0 bridgehead atoms. The molecule has 2 aliphatic rings. The maximum atomic E-state index is 5.67. The molecular formula is C23H28N6O. The molecule has 1 aromatic carbocycles. The summed E-state index contributed by atoms with van der Waals surface area (Å²) in [5.74, 6) is 2.38. The average molecular weight is 405 g/mol. The highest BCUT2D eigenvalue weighted by atomic mass is 16.5. The standard InChI is InChI=1S/C23H28N6O/c1-2-18-15-24-22(25-16-18)29-13-11-28(12-14-29)17-20-26-21(27-30-20)23(9-6-10-23)19-7-4-3-5-8-19/h3-5,7-8,15-16H,2,6,9-14,17H2,1H3. The Hall–Kier alpha value is -2.80. The number of anilines is 1. The van der Waals surface area contributed by atoms with Gasteiger partial charge in [0.15, 0.2) is 5.82 Å². The first-order valence-electron chi connectivity index (χ1n) is 10.9. The van der Waals surface area contributed by atoms with Crippen LogP contribution in [0.3, 0.4) is 0 Å². The normalized spacial score (nSPS) is 18.9. The van der Waals surface area contributed by atoms with Gasteiger partial charge in [0.05, 0.1) is 12.0 Å². The molecule has 0 radical (unpaired) electrons. The van der Waals surface area contributed by atoms with E-state index in [-0.39, 0.29) is 5.41 Å². The van der Waals surface area contributed by atoms with Gasteiger partial charge < -0.3 is 9.42 Å². The maximum absolute atomic E-state index is 5.67. The van der Waals surface area contributed by atoms with Crippen LogP contribution in [0.1, 0.15) is 49.0 Å². The average Bonchev–Trinajstić information content (AvgIpc) is 3.23. The van der Waals surface area contributed by atoms with Gasteiger partial charge in [0.1, 0.15) is 0 Å². The van der Waals surface area contributed by atoms with E-state index < -0.39 is 0 Å². The Morgan fingerprint density at radius 3 is 2.37 bits per heavy atom. The Bertz CT molecular complexity index is 959. The second-order valence-corrected chi connectivity index (χ2v) is 8.32. The van der Waals surface area contributed by atoms with E-state index in [1.807, 2.05) is 12.4 Å². The van der Waals surface area contributed by atoms with Gasteiger partial charge in [-0.05, 0) is 30.4 Å². The quantitative estimate of drug-likeness (QED) is 0.625. The van der Waals surface area contributed by atoms with Crippen LogP contribution in [0.15, 0.2) is 47.2 Å². The minimum absolute atomic E-state index is 0.0658. The molecule has 1 saturated carbocycles. The fourth-order valence-electron chi connectivity index (χ4n) is 4.43. The highest BCUT2D eigenvalue weighted by Gasteiger charge is 2.44. The van der Waals surface area contributed by atoms with Crippen molar-refractivity contribution in [2.45, 2.75) is 44.6 Å². The number of benzene rings is 1. The fourth-order valence-corrected chi connectivity index (χ4v) is 4.43. The van der Waals surface area contributed by atoms with Crippen molar-refractivity contribution in [3.05, 3.63) is 65.6 Å². The number of rotatable bonds is 6. The minimum atomic E-state index is -0.0658. The van der Waals surface area contributed by atoms with Crippen LogP contribution in [0.25, 0.3) is 0 Å². The molecule has 30 heavy (non-hydrogen) atoms. The van der Waals surface area contributed by atoms with E-state index in [1.54, 1.807) is 0 Å². The van der Waals surface area contributed by atoms with E-state index in [2.05, 4.69) is 62.2 Å². The Morgan fingerprint density at radius 1 is 1.00 bits per heavy atom. The minimum Gasteiger partial charge on any atom is -0.338 e. The van der Waals surface area contributed by atoms with E-state index in [1.165, 1.54) is 17.5 Å². The third kappa shape index (κ3) is 3.58. The summed E-state index contributed by atoms with van der Waals surface area (Å²) >= 11 is 0. The first-order chi connectivity index (χ1) is 14.8. The van der Waals surface area contributed by atoms with Gasteiger partial charge in [-0.2, -0.15) is 4.98 Å². The van der Waals surface area contributed by atoms with Crippen LogP contribution in [0.5, 0.6) is 0 Å². The molecule has 1 saturated heterocycles. The van der Waals surface area contributed by atoms with Gasteiger partial charge in [0, 0.05) is 38.6 Å². The first kappa shape index (κ1) is 19.2. The lowest BCUT2D eigenvalue weighted by Gasteiger charge is -2.39. The van der Waals surface area contributed by atoms with E-state index in [9.17, 15) is 0 Å². The summed E-state index contributed by atoms with van der Waals surface area (Å²) in [6.45, 7) is 6.48. The van der Waals surface area contributed by atoms with Crippen LogP contribution in [0.4, 0.5) is 5.95 Å². The van der Waals surface area contributed by atoms with Gasteiger partial charge in [-0.3, -0.25) is 4.90 Å². The SMILES string of the molecule is CCc1cnc(N2CCN(Cc3nc(C4(c5ccccc5)CCC4)no3)CC2)nc1. The molecule has 2 aromatic heterocycles. The number of hydrogen-bond acceptors (Lipinski definition) is 7. The number of nitrogens with zero attached hydrogens (tertiary/aromatic N) is 6. The van der Waals surface area contributed by atoms with E-state index in [0.717, 1.165) is 57.2 Å². The predicted molar refractivity (Wildman–Crippen MR) is 114 cm³/mol. The highest BCUT2D eigenvalue weighted by molar-refractivity contribution is 5.35. The van der Waals surface area contributed by atoms with Crippen molar-refractivity contribution in [2.75, 3.05) is 31.1 Å². The van der Waals surface area contributed by atoms with Crippen molar-refractivity contribution in [2.24, 2.45) is 0 Å². The lowest BCUT2D eigenvalue weighted by atomic mass is 9.64. The number of piperazine rings is 1. The summed E-state index contributed by atoms with van der Waals surface area (Å²) in [6, 6.07) is 10.6. The summed E-state index contributed by atoms with van der Waals surface area (Å²) in [7, 11) is 0. The topological polar surface area (TPSA) is 71.2 Å². The molecular weight excluding hydrogens is 376 g/mol.